The van der Waals surface area contributed by atoms with Crippen LogP contribution < -0.4 is 5.32 Å². The molecule has 0 amide bonds. The van der Waals surface area contributed by atoms with Crippen LogP contribution in [0.3, 0.4) is 0 Å². The first-order chi connectivity index (χ1) is 8.49. The Hall–Kier alpha value is -0.630. The second-order valence-corrected chi connectivity index (χ2v) is 5.90. The number of rotatable bonds is 7. The van der Waals surface area contributed by atoms with E-state index in [4.69, 9.17) is 0 Å². The highest BCUT2D eigenvalue weighted by Gasteiger charge is 2.24. The van der Waals surface area contributed by atoms with Crippen LogP contribution in [0.25, 0.3) is 0 Å². The predicted molar refractivity (Wildman–Crippen MR) is 75.4 cm³/mol. The van der Waals surface area contributed by atoms with Crippen molar-refractivity contribution in [2.75, 3.05) is 46.8 Å². The van der Waals surface area contributed by atoms with Gasteiger partial charge in [-0.3, -0.25) is 5.32 Å². The topological polar surface area (TPSA) is 42.3 Å². The lowest BCUT2D eigenvalue weighted by Gasteiger charge is -2.27. The van der Waals surface area contributed by atoms with Crippen LogP contribution in [-0.2, 0) is 0 Å². The Labute approximate surface area is 112 Å². The first kappa shape index (κ1) is 15.4. The summed E-state index contributed by atoms with van der Waals surface area (Å²) in [5.41, 5.74) is -0.379. The summed E-state index contributed by atoms with van der Waals surface area (Å²) in [5.74, 6) is 0.799. The first-order valence-electron chi connectivity index (χ1n) is 7.02. The number of hydrogen-bond donors (Lipinski definition) is 1. The van der Waals surface area contributed by atoms with E-state index in [1.54, 1.807) is 0 Å². The second kappa shape index (κ2) is 7.08. The van der Waals surface area contributed by atoms with E-state index in [1.165, 1.54) is 19.5 Å². The van der Waals surface area contributed by atoms with Crippen molar-refractivity contribution < 1.29 is 0 Å². The van der Waals surface area contributed by atoms with Gasteiger partial charge in [-0.25, -0.2) is 0 Å². The Morgan fingerprint density at radius 1 is 1.56 bits per heavy atom. The minimum atomic E-state index is -0.379. The number of hydrogen-bond acceptors (Lipinski definition) is 4. The van der Waals surface area contributed by atoms with Gasteiger partial charge >= 0.3 is 0 Å². The lowest BCUT2D eigenvalue weighted by Crippen LogP contribution is -2.43. The van der Waals surface area contributed by atoms with Crippen LogP contribution in [0.4, 0.5) is 0 Å². The van der Waals surface area contributed by atoms with Crippen molar-refractivity contribution in [3.05, 3.63) is 0 Å². The molecule has 2 unspecified atom stereocenters. The van der Waals surface area contributed by atoms with E-state index < -0.39 is 0 Å². The molecule has 104 valence electrons. The fourth-order valence-electron chi connectivity index (χ4n) is 2.70. The average molecular weight is 252 g/mol. The summed E-state index contributed by atoms with van der Waals surface area (Å²) in [4.78, 5) is 4.77. The molecule has 1 heterocycles. The monoisotopic (exact) mass is 252 g/mol. The van der Waals surface area contributed by atoms with Crippen LogP contribution in [0.5, 0.6) is 0 Å². The Morgan fingerprint density at radius 3 is 2.78 bits per heavy atom. The molecule has 0 aromatic rings. The van der Waals surface area contributed by atoms with Crippen LogP contribution >= 0.6 is 0 Å². The van der Waals surface area contributed by atoms with Crippen molar-refractivity contribution in [1.82, 2.24) is 15.1 Å². The zero-order valence-corrected chi connectivity index (χ0v) is 12.4. The van der Waals surface area contributed by atoms with E-state index in [0.29, 0.717) is 0 Å². The SMILES string of the molecule is CCNC(C)(C#N)CCN(C)CC1CCN(C)C1. The fourth-order valence-corrected chi connectivity index (χ4v) is 2.70. The molecule has 0 spiro atoms. The summed E-state index contributed by atoms with van der Waals surface area (Å²) >= 11 is 0. The number of nitrogens with zero attached hydrogens (tertiary/aromatic N) is 3. The largest absolute Gasteiger partial charge is 0.306 e. The van der Waals surface area contributed by atoms with Gasteiger partial charge in [0.05, 0.1) is 6.07 Å². The summed E-state index contributed by atoms with van der Waals surface area (Å²) in [6.07, 6.45) is 2.19. The number of nitrogens with one attached hydrogen (secondary N) is 1. The molecule has 1 rings (SSSR count). The smallest absolute Gasteiger partial charge is 0.105 e. The summed E-state index contributed by atoms with van der Waals surface area (Å²) in [7, 11) is 4.36. The molecule has 1 aliphatic heterocycles. The Bertz CT molecular complexity index is 286. The zero-order valence-electron chi connectivity index (χ0n) is 12.4. The van der Waals surface area contributed by atoms with E-state index >= 15 is 0 Å². The molecular formula is C14H28N4. The number of nitriles is 1. The van der Waals surface area contributed by atoms with E-state index in [-0.39, 0.29) is 5.54 Å². The summed E-state index contributed by atoms with van der Waals surface area (Å²) in [6, 6.07) is 2.39. The molecule has 1 aliphatic rings. The van der Waals surface area contributed by atoms with Gasteiger partial charge in [-0.15, -0.1) is 0 Å². The van der Waals surface area contributed by atoms with Gasteiger partial charge in [0.15, 0.2) is 0 Å². The third-order valence-corrected chi connectivity index (χ3v) is 3.87. The summed E-state index contributed by atoms with van der Waals surface area (Å²) < 4.78 is 0. The molecule has 0 aromatic carbocycles. The Morgan fingerprint density at radius 2 is 2.28 bits per heavy atom. The van der Waals surface area contributed by atoms with Gasteiger partial charge in [-0.1, -0.05) is 6.92 Å². The van der Waals surface area contributed by atoms with Gasteiger partial charge < -0.3 is 9.80 Å². The average Bonchev–Trinajstić information content (AvgIpc) is 2.73. The molecule has 4 heteroatoms. The normalized spacial score (nSPS) is 24.1. The van der Waals surface area contributed by atoms with Crippen molar-refractivity contribution in [1.29, 1.82) is 5.26 Å². The Balaban J connectivity index is 2.28. The highest BCUT2D eigenvalue weighted by atomic mass is 15.1. The van der Waals surface area contributed by atoms with Crippen LogP contribution in [0, 0.1) is 17.2 Å². The third-order valence-electron chi connectivity index (χ3n) is 3.87. The van der Waals surface area contributed by atoms with E-state index in [0.717, 1.165) is 32.0 Å². The molecule has 0 bridgehead atoms. The molecule has 0 aliphatic carbocycles. The maximum Gasteiger partial charge on any atom is 0.105 e. The number of likely N-dealkylation sites (tertiary alicyclic amines) is 1. The predicted octanol–water partition coefficient (Wildman–Crippen LogP) is 1.15. The van der Waals surface area contributed by atoms with Crippen molar-refractivity contribution in [2.24, 2.45) is 5.92 Å². The van der Waals surface area contributed by atoms with E-state index in [1.807, 2.05) is 13.8 Å². The lowest BCUT2D eigenvalue weighted by molar-refractivity contribution is 0.250. The molecule has 1 fully saturated rings. The molecule has 1 N–H and O–H groups in total. The van der Waals surface area contributed by atoms with Gasteiger partial charge in [0.25, 0.3) is 0 Å². The van der Waals surface area contributed by atoms with Crippen LogP contribution in [0.2, 0.25) is 0 Å². The quantitative estimate of drug-likeness (QED) is 0.738. The van der Waals surface area contributed by atoms with Crippen molar-refractivity contribution in [3.8, 4) is 6.07 Å². The minimum absolute atomic E-state index is 0.379. The van der Waals surface area contributed by atoms with Gasteiger partial charge in [-0.05, 0) is 52.9 Å². The van der Waals surface area contributed by atoms with E-state index in [2.05, 4.69) is 35.3 Å². The van der Waals surface area contributed by atoms with Gasteiger partial charge in [-0.2, -0.15) is 5.26 Å². The fraction of sp³-hybridized carbons (Fsp3) is 0.929. The highest BCUT2D eigenvalue weighted by Crippen LogP contribution is 2.16. The minimum Gasteiger partial charge on any atom is -0.306 e. The molecule has 0 saturated carbocycles. The zero-order chi connectivity index (χ0) is 13.6. The molecule has 1 saturated heterocycles. The second-order valence-electron chi connectivity index (χ2n) is 5.90. The molecule has 4 nitrogen and oxygen atoms in total. The van der Waals surface area contributed by atoms with Crippen molar-refractivity contribution in [2.45, 2.75) is 32.2 Å². The van der Waals surface area contributed by atoms with Crippen LogP contribution in [0.1, 0.15) is 26.7 Å². The maximum absolute atomic E-state index is 9.21. The van der Waals surface area contributed by atoms with Gasteiger partial charge in [0.1, 0.15) is 5.54 Å². The molecule has 0 radical (unpaired) electrons. The third kappa shape index (κ3) is 4.93. The molecule has 2 atom stereocenters. The van der Waals surface area contributed by atoms with Crippen molar-refractivity contribution in [3.63, 3.8) is 0 Å². The van der Waals surface area contributed by atoms with Gasteiger partial charge in [0, 0.05) is 19.6 Å². The highest BCUT2D eigenvalue weighted by molar-refractivity contribution is 5.03. The standard InChI is InChI=1S/C14H28N4/c1-5-16-14(2,12-15)7-9-18(4)11-13-6-8-17(3)10-13/h13,16H,5-11H2,1-4H3. The summed E-state index contributed by atoms with van der Waals surface area (Å²) in [5, 5.41) is 12.5. The van der Waals surface area contributed by atoms with Crippen molar-refractivity contribution >= 4 is 0 Å². The van der Waals surface area contributed by atoms with Crippen LogP contribution in [0.15, 0.2) is 0 Å². The molecule has 0 aromatic heterocycles. The lowest BCUT2D eigenvalue weighted by atomic mass is 9.99. The van der Waals surface area contributed by atoms with E-state index in [9.17, 15) is 5.26 Å². The maximum atomic E-state index is 9.21. The first-order valence-corrected chi connectivity index (χ1v) is 7.02. The summed E-state index contributed by atoms with van der Waals surface area (Å²) in [6.45, 7) is 9.47. The van der Waals surface area contributed by atoms with Gasteiger partial charge in [0.2, 0.25) is 0 Å². The Kier molecular flexibility index (Phi) is 6.07. The molecule has 18 heavy (non-hydrogen) atoms. The van der Waals surface area contributed by atoms with Crippen LogP contribution in [-0.4, -0.2) is 62.2 Å². The molecular weight excluding hydrogens is 224 g/mol.